The second-order valence-electron chi connectivity index (χ2n) is 11.1. The molecule has 1 heterocycles. The minimum Gasteiger partial charge on any atom is -0.370 e. The number of amides is 1. The Morgan fingerprint density at radius 2 is 1.46 bits per heavy atom. The van der Waals surface area contributed by atoms with Gasteiger partial charge in [0.25, 0.3) is 0 Å². The molecule has 1 atom stereocenters. The maximum absolute atomic E-state index is 12.7. The van der Waals surface area contributed by atoms with Gasteiger partial charge in [-0.05, 0) is 48.3 Å². The van der Waals surface area contributed by atoms with Gasteiger partial charge < -0.3 is 10.3 Å². The number of carbonyl (C=O) groups excluding carboxylic acids is 1. The molecule has 1 fully saturated rings. The number of aromatic nitrogens is 2. The summed E-state index contributed by atoms with van der Waals surface area (Å²) in [4.78, 5) is 21.9. The molecular weight excluding hydrogens is 506 g/mol. The van der Waals surface area contributed by atoms with E-state index in [1.807, 2.05) is 13.3 Å². The summed E-state index contributed by atoms with van der Waals surface area (Å²) in [7, 11) is 0. The van der Waals surface area contributed by atoms with Gasteiger partial charge in [-0.25, -0.2) is 4.98 Å². The SMILES string of the molecule is CC(C(=O)NC(N)=NCCCc1cn(C(c2ccccc2)(c2ccccc2)c2ccccc2)cn1)C1CCCCC1. The molecule has 1 amide bonds. The number of guanidine groups is 1. The molecule has 1 aliphatic carbocycles. The lowest BCUT2D eigenvalue weighted by atomic mass is 9.77. The fraction of sp³-hybridized carbons (Fsp3) is 0.343. The van der Waals surface area contributed by atoms with E-state index < -0.39 is 5.54 Å². The first-order valence-corrected chi connectivity index (χ1v) is 14.9. The van der Waals surface area contributed by atoms with E-state index in [0.29, 0.717) is 12.5 Å². The number of imidazole rings is 1. The maximum atomic E-state index is 12.7. The van der Waals surface area contributed by atoms with Crippen molar-refractivity contribution in [2.45, 2.75) is 57.4 Å². The molecule has 0 radical (unpaired) electrons. The van der Waals surface area contributed by atoms with E-state index in [2.05, 4.69) is 112 Å². The second-order valence-corrected chi connectivity index (χ2v) is 11.1. The highest BCUT2D eigenvalue weighted by Gasteiger charge is 2.38. The van der Waals surface area contributed by atoms with Crippen LogP contribution in [0.3, 0.4) is 0 Å². The highest BCUT2D eigenvalue weighted by molar-refractivity contribution is 5.97. The summed E-state index contributed by atoms with van der Waals surface area (Å²) in [6, 6.07) is 31.8. The topological polar surface area (TPSA) is 85.3 Å². The highest BCUT2D eigenvalue weighted by Crippen LogP contribution is 2.40. The fourth-order valence-corrected chi connectivity index (χ4v) is 6.25. The van der Waals surface area contributed by atoms with Crippen molar-refractivity contribution in [2.75, 3.05) is 6.54 Å². The molecule has 3 N–H and O–H groups in total. The van der Waals surface area contributed by atoms with Gasteiger partial charge in [0.15, 0.2) is 5.96 Å². The lowest BCUT2D eigenvalue weighted by Gasteiger charge is -2.37. The Balaban J connectivity index is 1.31. The zero-order chi connectivity index (χ0) is 28.5. The minimum atomic E-state index is -0.573. The Kier molecular flexibility index (Phi) is 9.29. The molecule has 1 unspecified atom stereocenters. The van der Waals surface area contributed by atoms with Crippen LogP contribution in [0.1, 0.15) is 67.8 Å². The number of aryl methyl sites for hydroxylation is 1. The van der Waals surface area contributed by atoms with Crippen LogP contribution in [0.25, 0.3) is 0 Å². The molecule has 3 aromatic carbocycles. The molecule has 1 aromatic heterocycles. The molecule has 6 heteroatoms. The third kappa shape index (κ3) is 6.43. The number of carbonyl (C=O) groups is 1. The molecule has 41 heavy (non-hydrogen) atoms. The van der Waals surface area contributed by atoms with Crippen molar-refractivity contribution in [2.24, 2.45) is 22.6 Å². The number of benzene rings is 3. The van der Waals surface area contributed by atoms with Crippen molar-refractivity contribution in [3.05, 3.63) is 126 Å². The molecule has 0 bridgehead atoms. The summed E-state index contributed by atoms with van der Waals surface area (Å²) in [6.07, 6.45) is 11.6. The summed E-state index contributed by atoms with van der Waals surface area (Å²) in [5.74, 6) is 0.601. The Labute approximate surface area is 243 Å². The highest BCUT2D eigenvalue weighted by atomic mass is 16.2. The second kappa shape index (κ2) is 13.4. The zero-order valence-electron chi connectivity index (χ0n) is 24.0. The van der Waals surface area contributed by atoms with Crippen molar-refractivity contribution >= 4 is 11.9 Å². The predicted octanol–water partition coefficient (Wildman–Crippen LogP) is 6.30. The average Bonchev–Trinajstić information content (AvgIpc) is 3.50. The van der Waals surface area contributed by atoms with E-state index in [4.69, 9.17) is 10.7 Å². The third-order valence-electron chi connectivity index (χ3n) is 8.49. The number of hydrogen-bond donors (Lipinski definition) is 2. The smallest absolute Gasteiger partial charge is 0.229 e. The van der Waals surface area contributed by atoms with Crippen LogP contribution in [0.5, 0.6) is 0 Å². The van der Waals surface area contributed by atoms with Gasteiger partial charge in [0, 0.05) is 18.7 Å². The van der Waals surface area contributed by atoms with E-state index in [1.54, 1.807) is 0 Å². The first kappa shape index (κ1) is 28.3. The van der Waals surface area contributed by atoms with Crippen molar-refractivity contribution in [1.82, 2.24) is 14.9 Å². The van der Waals surface area contributed by atoms with Crippen LogP contribution in [-0.4, -0.2) is 28.0 Å². The van der Waals surface area contributed by atoms with Gasteiger partial charge in [-0.2, -0.15) is 0 Å². The first-order valence-electron chi connectivity index (χ1n) is 14.9. The number of rotatable bonds is 10. The van der Waals surface area contributed by atoms with Crippen LogP contribution < -0.4 is 11.1 Å². The first-order chi connectivity index (χ1) is 20.1. The summed E-state index contributed by atoms with van der Waals surface area (Å²) < 4.78 is 2.23. The summed E-state index contributed by atoms with van der Waals surface area (Å²) in [5.41, 5.74) is 9.98. The van der Waals surface area contributed by atoms with Gasteiger partial charge in [0.1, 0.15) is 5.54 Å². The molecule has 5 rings (SSSR count). The van der Waals surface area contributed by atoms with Crippen LogP contribution in [-0.2, 0) is 16.8 Å². The van der Waals surface area contributed by atoms with E-state index in [1.165, 1.54) is 19.3 Å². The number of aliphatic imine (C=N–C) groups is 1. The monoisotopic (exact) mass is 547 g/mol. The van der Waals surface area contributed by atoms with Gasteiger partial charge in [-0.3, -0.25) is 15.1 Å². The molecule has 212 valence electrons. The Hall–Kier alpha value is -4.19. The summed E-state index contributed by atoms with van der Waals surface area (Å²) in [5, 5.41) is 2.82. The van der Waals surface area contributed by atoms with Crippen LogP contribution in [0.2, 0.25) is 0 Å². The van der Waals surface area contributed by atoms with E-state index in [-0.39, 0.29) is 17.8 Å². The molecule has 0 spiro atoms. The largest absolute Gasteiger partial charge is 0.370 e. The van der Waals surface area contributed by atoms with Crippen molar-refractivity contribution in [1.29, 1.82) is 0 Å². The summed E-state index contributed by atoms with van der Waals surface area (Å²) >= 11 is 0. The maximum Gasteiger partial charge on any atom is 0.229 e. The van der Waals surface area contributed by atoms with Gasteiger partial charge in [0.05, 0.1) is 12.0 Å². The van der Waals surface area contributed by atoms with Gasteiger partial charge in [-0.15, -0.1) is 0 Å². The number of nitrogens with two attached hydrogens (primary N) is 1. The van der Waals surface area contributed by atoms with Crippen molar-refractivity contribution in [3.63, 3.8) is 0 Å². The van der Waals surface area contributed by atoms with E-state index >= 15 is 0 Å². The fourth-order valence-electron chi connectivity index (χ4n) is 6.25. The molecule has 0 aliphatic heterocycles. The van der Waals surface area contributed by atoms with Crippen LogP contribution in [0.15, 0.2) is 109 Å². The molecule has 1 aliphatic rings. The quantitative estimate of drug-likeness (QED) is 0.106. The van der Waals surface area contributed by atoms with E-state index in [9.17, 15) is 4.79 Å². The third-order valence-corrected chi connectivity index (χ3v) is 8.49. The summed E-state index contributed by atoms with van der Waals surface area (Å²) in [6.45, 7) is 2.53. The van der Waals surface area contributed by atoms with Gasteiger partial charge >= 0.3 is 0 Å². The predicted molar refractivity (Wildman–Crippen MR) is 166 cm³/mol. The standard InChI is InChI=1S/C35H41N5O/c1-27(28-15-6-2-7-16-28)33(41)39-34(36)37-24-14-23-32-25-40(26-38-32)35(29-17-8-3-9-18-29,30-19-10-4-11-20-30)31-21-12-5-13-22-31/h3-5,8-13,17-22,25-28H,2,6-7,14-16,23-24H2,1H3,(H3,36,37,39,41). The molecule has 6 nitrogen and oxygen atoms in total. The average molecular weight is 548 g/mol. The van der Waals surface area contributed by atoms with Crippen LogP contribution >= 0.6 is 0 Å². The number of nitrogens with zero attached hydrogens (tertiary/aromatic N) is 3. The van der Waals surface area contributed by atoms with Crippen molar-refractivity contribution < 1.29 is 4.79 Å². The minimum absolute atomic E-state index is 0.0176. The lowest BCUT2D eigenvalue weighted by molar-refractivity contribution is -0.125. The molecular formula is C35H41N5O. The van der Waals surface area contributed by atoms with Crippen LogP contribution in [0, 0.1) is 11.8 Å². The number of hydrogen-bond acceptors (Lipinski definition) is 3. The van der Waals surface area contributed by atoms with Crippen molar-refractivity contribution in [3.8, 4) is 0 Å². The Morgan fingerprint density at radius 1 is 0.927 bits per heavy atom. The Morgan fingerprint density at radius 3 is 2.00 bits per heavy atom. The molecule has 1 saturated carbocycles. The van der Waals surface area contributed by atoms with Crippen LogP contribution in [0.4, 0.5) is 0 Å². The Bertz CT molecular complexity index is 1310. The number of nitrogens with one attached hydrogen (secondary N) is 1. The zero-order valence-corrected chi connectivity index (χ0v) is 24.0. The molecule has 4 aromatic rings. The lowest BCUT2D eigenvalue weighted by Crippen LogP contribution is -2.42. The molecule has 0 saturated heterocycles. The van der Waals surface area contributed by atoms with E-state index in [0.717, 1.165) is 48.1 Å². The van der Waals surface area contributed by atoms with Gasteiger partial charge in [-0.1, -0.05) is 117 Å². The normalized spacial score (nSPS) is 15.4. The van der Waals surface area contributed by atoms with Gasteiger partial charge in [0.2, 0.25) is 5.91 Å².